The Morgan fingerprint density at radius 1 is 0.654 bits per heavy atom. The van der Waals surface area contributed by atoms with E-state index in [0.29, 0.717) is 11.8 Å². The van der Waals surface area contributed by atoms with Crippen molar-refractivity contribution in [1.82, 2.24) is 0 Å². The number of para-hydroxylation sites is 1. The van der Waals surface area contributed by atoms with Gasteiger partial charge in [0.1, 0.15) is 5.75 Å². The zero-order valence-corrected chi connectivity index (χ0v) is 17.6. The number of rotatable bonds is 15. The molecule has 0 aliphatic rings. The van der Waals surface area contributed by atoms with E-state index in [4.69, 9.17) is 10.8 Å². The van der Waals surface area contributed by atoms with Crippen LogP contribution in [0.2, 0.25) is 0 Å². The molecule has 1 atom stereocenters. The number of phenols is 1. The fourth-order valence-electron chi connectivity index (χ4n) is 3.19. The number of hydrogen-bond acceptors (Lipinski definition) is 2. The summed E-state index contributed by atoms with van der Waals surface area (Å²) in [6, 6.07) is 9.18. The first-order chi connectivity index (χ1) is 12.7. The van der Waals surface area contributed by atoms with Gasteiger partial charge in [0.15, 0.2) is 0 Å². The minimum atomic E-state index is 0.322. The van der Waals surface area contributed by atoms with Crippen LogP contribution in [0.4, 0.5) is 0 Å². The highest BCUT2D eigenvalue weighted by molar-refractivity contribution is 5.18. The highest BCUT2D eigenvalue weighted by Crippen LogP contribution is 2.13. The van der Waals surface area contributed by atoms with Gasteiger partial charge in [0.2, 0.25) is 0 Å². The van der Waals surface area contributed by atoms with Crippen LogP contribution in [-0.2, 0) is 0 Å². The lowest BCUT2D eigenvalue weighted by atomic mass is 10.0. The molecule has 2 nitrogen and oxygen atoms in total. The summed E-state index contributed by atoms with van der Waals surface area (Å²) in [5, 5.41) is 8.63. The van der Waals surface area contributed by atoms with E-state index in [-0.39, 0.29) is 0 Å². The van der Waals surface area contributed by atoms with Crippen molar-refractivity contribution >= 4 is 0 Å². The Bertz CT molecular complexity index is 366. The maximum absolute atomic E-state index is 8.63. The van der Waals surface area contributed by atoms with Gasteiger partial charge in [0, 0.05) is 6.04 Å². The van der Waals surface area contributed by atoms with E-state index in [1.165, 1.54) is 96.3 Å². The number of unbranched alkanes of at least 4 members (excludes halogenated alkanes) is 11. The Labute approximate surface area is 163 Å². The average molecular weight is 364 g/mol. The second-order valence-electron chi connectivity index (χ2n) is 7.56. The van der Waals surface area contributed by atoms with Gasteiger partial charge >= 0.3 is 0 Å². The summed E-state index contributed by atoms with van der Waals surface area (Å²) >= 11 is 0. The van der Waals surface area contributed by atoms with Gasteiger partial charge in [-0.2, -0.15) is 0 Å². The standard InChI is InChI=1S/C18H39N.C6H6O/c1-3-5-6-7-8-9-10-11-12-13-14-15-17-18(19)16-4-2;7-6-4-2-1-3-5-6/h18H,3-17,19H2,1-2H3;1-5,7H. The minimum Gasteiger partial charge on any atom is -0.508 e. The molecule has 1 aromatic carbocycles. The molecule has 0 aliphatic heterocycles. The first kappa shape index (κ1) is 25.0. The van der Waals surface area contributed by atoms with Gasteiger partial charge in [-0.15, -0.1) is 0 Å². The maximum atomic E-state index is 8.63. The molecule has 26 heavy (non-hydrogen) atoms. The molecule has 0 aliphatic carbocycles. The highest BCUT2D eigenvalue weighted by atomic mass is 16.3. The summed E-state index contributed by atoms with van der Waals surface area (Å²) in [5.41, 5.74) is 6.01. The normalized spacial score (nSPS) is 11.7. The van der Waals surface area contributed by atoms with Gasteiger partial charge < -0.3 is 10.8 Å². The van der Waals surface area contributed by atoms with Crippen molar-refractivity contribution in [3.63, 3.8) is 0 Å². The molecule has 0 saturated carbocycles. The van der Waals surface area contributed by atoms with Crippen LogP contribution in [0.5, 0.6) is 5.75 Å². The number of phenolic OH excluding ortho intramolecular Hbond substituents is 1. The lowest BCUT2D eigenvalue weighted by molar-refractivity contribution is 0.475. The monoisotopic (exact) mass is 363 g/mol. The van der Waals surface area contributed by atoms with E-state index in [2.05, 4.69) is 13.8 Å². The van der Waals surface area contributed by atoms with Crippen LogP contribution in [0.25, 0.3) is 0 Å². The molecule has 0 fully saturated rings. The summed E-state index contributed by atoms with van der Waals surface area (Å²) in [5.74, 6) is 0.322. The van der Waals surface area contributed by atoms with Gasteiger partial charge in [-0.05, 0) is 25.0 Å². The zero-order valence-electron chi connectivity index (χ0n) is 17.6. The van der Waals surface area contributed by atoms with Crippen LogP contribution in [0.3, 0.4) is 0 Å². The fourth-order valence-corrected chi connectivity index (χ4v) is 3.19. The van der Waals surface area contributed by atoms with E-state index >= 15 is 0 Å². The van der Waals surface area contributed by atoms with E-state index in [0.717, 1.165) is 0 Å². The zero-order chi connectivity index (χ0) is 19.3. The molecule has 0 spiro atoms. The summed E-state index contributed by atoms with van der Waals surface area (Å²) < 4.78 is 0. The van der Waals surface area contributed by atoms with Crippen LogP contribution in [0.1, 0.15) is 110 Å². The number of nitrogens with two attached hydrogens (primary N) is 1. The second-order valence-corrected chi connectivity index (χ2v) is 7.56. The van der Waals surface area contributed by atoms with Crippen LogP contribution >= 0.6 is 0 Å². The van der Waals surface area contributed by atoms with Crippen LogP contribution in [0, 0.1) is 0 Å². The molecule has 0 amide bonds. The van der Waals surface area contributed by atoms with Crippen LogP contribution in [-0.4, -0.2) is 11.1 Å². The lowest BCUT2D eigenvalue weighted by Gasteiger charge is -2.09. The van der Waals surface area contributed by atoms with Gasteiger partial charge in [-0.1, -0.05) is 116 Å². The topological polar surface area (TPSA) is 46.2 Å². The van der Waals surface area contributed by atoms with Crippen molar-refractivity contribution in [3.8, 4) is 5.75 Å². The van der Waals surface area contributed by atoms with Crippen molar-refractivity contribution < 1.29 is 5.11 Å². The van der Waals surface area contributed by atoms with Crippen molar-refractivity contribution in [2.75, 3.05) is 0 Å². The second kappa shape index (κ2) is 20.3. The first-order valence-corrected chi connectivity index (χ1v) is 11.2. The molecule has 2 heteroatoms. The molecule has 0 saturated heterocycles. The molecule has 0 bridgehead atoms. The summed E-state index contributed by atoms with van der Waals surface area (Å²) in [6.07, 6.45) is 20.8. The molecule has 1 rings (SSSR count). The quantitative estimate of drug-likeness (QED) is 0.315. The molecule has 3 N–H and O–H groups in total. The third-order valence-corrected chi connectivity index (χ3v) is 4.84. The van der Waals surface area contributed by atoms with Crippen LogP contribution in [0.15, 0.2) is 30.3 Å². The van der Waals surface area contributed by atoms with Crippen molar-refractivity contribution in [3.05, 3.63) is 30.3 Å². The van der Waals surface area contributed by atoms with E-state index < -0.39 is 0 Å². The molecule has 0 heterocycles. The fraction of sp³-hybridized carbons (Fsp3) is 0.750. The molecule has 152 valence electrons. The predicted octanol–water partition coefficient (Wildman–Crippen LogP) is 7.60. The van der Waals surface area contributed by atoms with Crippen molar-refractivity contribution in [2.45, 2.75) is 116 Å². The first-order valence-electron chi connectivity index (χ1n) is 11.2. The maximum Gasteiger partial charge on any atom is 0.115 e. The Morgan fingerprint density at radius 3 is 1.50 bits per heavy atom. The molecular formula is C24H45NO. The molecule has 1 unspecified atom stereocenters. The highest BCUT2D eigenvalue weighted by Gasteiger charge is 2.00. The third kappa shape index (κ3) is 19.3. The van der Waals surface area contributed by atoms with E-state index in [9.17, 15) is 0 Å². The number of hydrogen-bond donors (Lipinski definition) is 2. The van der Waals surface area contributed by atoms with Crippen LogP contribution < -0.4 is 5.73 Å². The molecule has 0 radical (unpaired) electrons. The minimum absolute atomic E-state index is 0.322. The SMILES string of the molecule is CCCCCCCCCCCCCCC(N)CCC.Oc1ccccc1. The molecule has 0 aromatic heterocycles. The number of aromatic hydroxyl groups is 1. The molecular weight excluding hydrogens is 318 g/mol. The van der Waals surface area contributed by atoms with Gasteiger partial charge in [-0.3, -0.25) is 0 Å². The summed E-state index contributed by atoms with van der Waals surface area (Å²) in [4.78, 5) is 0. The van der Waals surface area contributed by atoms with E-state index in [1.54, 1.807) is 24.3 Å². The smallest absolute Gasteiger partial charge is 0.115 e. The number of benzene rings is 1. The lowest BCUT2D eigenvalue weighted by Crippen LogP contribution is -2.18. The summed E-state index contributed by atoms with van der Waals surface area (Å²) in [7, 11) is 0. The van der Waals surface area contributed by atoms with Gasteiger partial charge in [0.25, 0.3) is 0 Å². The molecule has 1 aromatic rings. The van der Waals surface area contributed by atoms with Crippen molar-refractivity contribution in [2.24, 2.45) is 5.73 Å². The Hall–Kier alpha value is -1.02. The Kier molecular flexibility index (Phi) is 19.5. The average Bonchev–Trinajstić information content (AvgIpc) is 2.64. The van der Waals surface area contributed by atoms with Gasteiger partial charge in [0.05, 0.1) is 0 Å². The third-order valence-electron chi connectivity index (χ3n) is 4.84. The van der Waals surface area contributed by atoms with E-state index in [1.807, 2.05) is 6.07 Å². The largest absolute Gasteiger partial charge is 0.508 e. The van der Waals surface area contributed by atoms with Gasteiger partial charge in [-0.25, -0.2) is 0 Å². The predicted molar refractivity (Wildman–Crippen MR) is 117 cm³/mol. The summed E-state index contributed by atoms with van der Waals surface area (Å²) in [6.45, 7) is 4.51. The van der Waals surface area contributed by atoms with Crippen molar-refractivity contribution in [1.29, 1.82) is 0 Å². The Morgan fingerprint density at radius 2 is 1.12 bits per heavy atom. The Balaban J connectivity index is 0.000000735.